The van der Waals surface area contributed by atoms with Crippen molar-refractivity contribution in [2.75, 3.05) is 5.73 Å². The number of carboxylic acids is 1. The first kappa shape index (κ1) is 13.6. The van der Waals surface area contributed by atoms with Crippen molar-refractivity contribution in [1.29, 1.82) is 0 Å². The van der Waals surface area contributed by atoms with Crippen LogP contribution in [0.2, 0.25) is 0 Å². The van der Waals surface area contributed by atoms with Gasteiger partial charge in [0.25, 0.3) is 0 Å². The lowest BCUT2D eigenvalue weighted by Crippen LogP contribution is -2.09. The van der Waals surface area contributed by atoms with E-state index < -0.39 is 17.7 Å². The Morgan fingerprint density at radius 1 is 1.41 bits per heavy atom. The van der Waals surface area contributed by atoms with E-state index >= 15 is 0 Å². The maximum atomic E-state index is 12.6. The van der Waals surface area contributed by atoms with Gasteiger partial charge in [-0.1, -0.05) is 0 Å². The summed E-state index contributed by atoms with van der Waals surface area (Å²) in [6.45, 7) is 0. The summed E-state index contributed by atoms with van der Waals surface area (Å²) in [7, 11) is 0. The average Bonchev–Trinajstić information content (AvgIpc) is 2.18. The second-order valence-electron chi connectivity index (χ2n) is 3.09. The second-order valence-corrected chi connectivity index (χ2v) is 3.95. The van der Waals surface area contributed by atoms with E-state index in [0.29, 0.717) is 6.08 Å². The predicted molar refractivity (Wildman–Crippen MR) is 60.2 cm³/mol. The van der Waals surface area contributed by atoms with Crippen LogP contribution in [-0.2, 0) is 11.0 Å². The molecule has 3 N–H and O–H groups in total. The summed E-state index contributed by atoms with van der Waals surface area (Å²) < 4.78 is 38.2. The lowest BCUT2D eigenvalue weighted by molar-refractivity contribution is -0.137. The van der Waals surface area contributed by atoms with Gasteiger partial charge >= 0.3 is 12.1 Å². The van der Waals surface area contributed by atoms with Gasteiger partial charge in [0.15, 0.2) is 0 Å². The van der Waals surface area contributed by atoms with E-state index in [-0.39, 0.29) is 15.7 Å². The van der Waals surface area contributed by atoms with Gasteiger partial charge < -0.3 is 10.8 Å². The van der Waals surface area contributed by atoms with E-state index in [1.807, 2.05) is 0 Å². The van der Waals surface area contributed by atoms with E-state index in [2.05, 4.69) is 15.9 Å². The molecule has 0 heterocycles. The number of hydrogen-bond acceptors (Lipinski definition) is 2. The standard InChI is InChI=1S/C10H7BrF3NO2/c11-7-3-2-6(10(12,13)14)5(9(7)15)1-4-8(16)17/h1-4H,15H2,(H,16,17)/b4-1+. The molecule has 92 valence electrons. The average molecular weight is 310 g/mol. The van der Waals surface area contributed by atoms with Crippen molar-refractivity contribution in [3.8, 4) is 0 Å². The maximum absolute atomic E-state index is 12.6. The van der Waals surface area contributed by atoms with Crippen LogP contribution in [0.1, 0.15) is 11.1 Å². The summed E-state index contributed by atoms with van der Waals surface area (Å²) in [6.07, 6.45) is -3.16. The molecule has 3 nitrogen and oxygen atoms in total. The van der Waals surface area contributed by atoms with Crippen molar-refractivity contribution in [3.05, 3.63) is 33.8 Å². The minimum atomic E-state index is -4.59. The second kappa shape index (κ2) is 4.79. The Labute approximate surface area is 103 Å². The molecule has 1 aromatic carbocycles. The minimum Gasteiger partial charge on any atom is -0.478 e. The highest BCUT2D eigenvalue weighted by atomic mass is 79.9. The van der Waals surface area contributed by atoms with Crippen LogP contribution in [0.25, 0.3) is 6.08 Å². The van der Waals surface area contributed by atoms with Gasteiger partial charge in [-0.05, 0) is 34.1 Å². The number of hydrogen-bond donors (Lipinski definition) is 2. The third-order valence-electron chi connectivity index (χ3n) is 1.93. The molecule has 0 aliphatic heterocycles. The zero-order chi connectivity index (χ0) is 13.2. The van der Waals surface area contributed by atoms with E-state index in [9.17, 15) is 18.0 Å². The lowest BCUT2D eigenvalue weighted by Gasteiger charge is -2.13. The number of carbonyl (C=O) groups is 1. The number of carboxylic acid groups (broad SMARTS) is 1. The van der Waals surface area contributed by atoms with Crippen molar-refractivity contribution in [3.63, 3.8) is 0 Å². The Hall–Kier alpha value is -1.50. The van der Waals surface area contributed by atoms with Crippen LogP contribution in [-0.4, -0.2) is 11.1 Å². The third-order valence-corrected chi connectivity index (χ3v) is 2.62. The van der Waals surface area contributed by atoms with Crippen LogP contribution in [0, 0.1) is 0 Å². The highest BCUT2D eigenvalue weighted by Crippen LogP contribution is 2.37. The summed E-state index contributed by atoms with van der Waals surface area (Å²) in [5, 5.41) is 8.41. The topological polar surface area (TPSA) is 63.3 Å². The summed E-state index contributed by atoms with van der Waals surface area (Å²) >= 11 is 2.98. The van der Waals surface area contributed by atoms with E-state index in [0.717, 1.165) is 18.2 Å². The van der Waals surface area contributed by atoms with Gasteiger partial charge in [-0.15, -0.1) is 0 Å². The number of anilines is 1. The fourth-order valence-electron chi connectivity index (χ4n) is 1.19. The minimum absolute atomic E-state index is 0.155. The summed E-state index contributed by atoms with van der Waals surface area (Å²) in [5.41, 5.74) is 3.98. The molecule has 0 aromatic heterocycles. The first-order valence-electron chi connectivity index (χ1n) is 4.29. The van der Waals surface area contributed by atoms with Crippen LogP contribution in [0.3, 0.4) is 0 Å². The Morgan fingerprint density at radius 2 is 2.00 bits per heavy atom. The van der Waals surface area contributed by atoms with Crippen molar-refractivity contribution < 1.29 is 23.1 Å². The molecule has 0 atom stereocenters. The first-order valence-corrected chi connectivity index (χ1v) is 5.09. The van der Waals surface area contributed by atoms with Crippen LogP contribution in [0.4, 0.5) is 18.9 Å². The van der Waals surface area contributed by atoms with Crippen LogP contribution in [0.15, 0.2) is 22.7 Å². The van der Waals surface area contributed by atoms with E-state index in [1.54, 1.807) is 0 Å². The molecule has 1 aromatic rings. The van der Waals surface area contributed by atoms with E-state index in [4.69, 9.17) is 10.8 Å². The molecule has 17 heavy (non-hydrogen) atoms. The summed E-state index contributed by atoms with van der Waals surface area (Å²) in [4.78, 5) is 10.3. The van der Waals surface area contributed by atoms with Crippen molar-refractivity contribution in [2.45, 2.75) is 6.18 Å². The van der Waals surface area contributed by atoms with Crippen molar-refractivity contribution in [2.24, 2.45) is 0 Å². The molecule has 0 saturated heterocycles. The lowest BCUT2D eigenvalue weighted by atomic mass is 10.0. The predicted octanol–water partition coefficient (Wildman–Crippen LogP) is 3.15. The monoisotopic (exact) mass is 309 g/mol. The highest BCUT2D eigenvalue weighted by Gasteiger charge is 2.33. The van der Waals surface area contributed by atoms with Crippen LogP contribution < -0.4 is 5.73 Å². The molecule has 1 rings (SSSR count). The van der Waals surface area contributed by atoms with Gasteiger partial charge in [-0.2, -0.15) is 13.2 Å². The molecule has 0 bridgehead atoms. The van der Waals surface area contributed by atoms with E-state index in [1.165, 1.54) is 0 Å². The largest absolute Gasteiger partial charge is 0.478 e. The fourth-order valence-corrected chi connectivity index (χ4v) is 1.54. The molecule has 0 unspecified atom stereocenters. The van der Waals surface area contributed by atoms with Gasteiger partial charge in [0.2, 0.25) is 0 Å². The molecule has 0 spiro atoms. The number of nitrogens with two attached hydrogens (primary N) is 1. The first-order chi connectivity index (χ1) is 7.73. The van der Waals surface area contributed by atoms with Gasteiger partial charge in [0, 0.05) is 16.1 Å². The summed E-state index contributed by atoms with van der Waals surface area (Å²) in [6, 6.07) is 2.00. The number of aliphatic carboxylic acids is 1. The Bertz CT molecular complexity index is 483. The van der Waals surface area contributed by atoms with Crippen LogP contribution >= 0.6 is 15.9 Å². The Morgan fingerprint density at radius 3 is 2.47 bits per heavy atom. The highest BCUT2D eigenvalue weighted by molar-refractivity contribution is 9.10. The number of rotatable bonds is 2. The summed E-state index contributed by atoms with van der Waals surface area (Å²) in [5.74, 6) is -1.35. The molecule has 0 aliphatic rings. The smallest absolute Gasteiger partial charge is 0.417 e. The third kappa shape index (κ3) is 3.23. The molecular weight excluding hydrogens is 303 g/mol. The molecule has 0 amide bonds. The van der Waals surface area contributed by atoms with Crippen molar-refractivity contribution in [1.82, 2.24) is 0 Å². The molecule has 0 aliphatic carbocycles. The molecule has 0 saturated carbocycles. The molecule has 0 radical (unpaired) electrons. The fraction of sp³-hybridized carbons (Fsp3) is 0.100. The zero-order valence-corrected chi connectivity index (χ0v) is 9.84. The Balaban J connectivity index is 3.42. The van der Waals surface area contributed by atoms with Gasteiger partial charge in [-0.25, -0.2) is 4.79 Å². The number of alkyl halides is 3. The van der Waals surface area contributed by atoms with Gasteiger partial charge in [-0.3, -0.25) is 0 Å². The number of halogens is 4. The molecule has 0 fully saturated rings. The molecule has 7 heteroatoms. The van der Waals surface area contributed by atoms with Crippen LogP contribution in [0.5, 0.6) is 0 Å². The number of nitrogen functional groups attached to an aromatic ring is 1. The Kier molecular flexibility index (Phi) is 3.82. The molecular formula is C10H7BrF3NO2. The van der Waals surface area contributed by atoms with Gasteiger partial charge in [0.05, 0.1) is 11.3 Å². The SMILES string of the molecule is Nc1c(Br)ccc(C(F)(F)F)c1/C=C/C(=O)O. The van der Waals surface area contributed by atoms with Crippen molar-refractivity contribution >= 4 is 33.7 Å². The van der Waals surface area contributed by atoms with Gasteiger partial charge in [0.1, 0.15) is 0 Å². The normalized spacial score (nSPS) is 12.0. The quantitative estimate of drug-likeness (QED) is 0.651. The number of benzene rings is 1. The zero-order valence-electron chi connectivity index (χ0n) is 8.25. The maximum Gasteiger partial charge on any atom is 0.417 e.